The standard InChI is InChI=1S/C15H21Cl2N3/c1-5-7-20(8-6-2)14-12(17)9-11(16)13-15(14)19(4)10(3)18-13/h9H,5-8H2,1-4H3. The minimum atomic E-state index is 0.616. The highest BCUT2D eigenvalue weighted by molar-refractivity contribution is 6.40. The maximum absolute atomic E-state index is 6.49. The minimum Gasteiger partial charge on any atom is -0.369 e. The Morgan fingerprint density at radius 3 is 2.30 bits per heavy atom. The summed E-state index contributed by atoms with van der Waals surface area (Å²) in [5.74, 6) is 0.943. The monoisotopic (exact) mass is 313 g/mol. The highest BCUT2D eigenvalue weighted by Gasteiger charge is 2.20. The largest absolute Gasteiger partial charge is 0.369 e. The van der Waals surface area contributed by atoms with Crippen LogP contribution in [-0.2, 0) is 7.05 Å². The van der Waals surface area contributed by atoms with Gasteiger partial charge in [-0.05, 0) is 25.8 Å². The number of aromatic nitrogens is 2. The van der Waals surface area contributed by atoms with Gasteiger partial charge in [-0.15, -0.1) is 0 Å². The molecule has 0 bridgehead atoms. The number of anilines is 1. The van der Waals surface area contributed by atoms with Gasteiger partial charge in [0.15, 0.2) is 0 Å². The van der Waals surface area contributed by atoms with Crippen LogP contribution in [0.4, 0.5) is 5.69 Å². The Balaban J connectivity index is 2.72. The Morgan fingerprint density at radius 1 is 1.15 bits per heavy atom. The van der Waals surface area contributed by atoms with Crippen LogP contribution in [0.5, 0.6) is 0 Å². The van der Waals surface area contributed by atoms with Crippen LogP contribution in [0, 0.1) is 6.92 Å². The molecule has 0 atom stereocenters. The average Bonchev–Trinajstić information content (AvgIpc) is 2.68. The molecule has 0 N–H and O–H groups in total. The molecule has 20 heavy (non-hydrogen) atoms. The first-order valence-electron chi connectivity index (χ1n) is 7.07. The van der Waals surface area contributed by atoms with E-state index >= 15 is 0 Å². The summed E-state index contributed by atoms with van der Waals surface area (Å²) in [5.41, 5.74) is 2.92. The SMILES string of the molecule is CCCN(CCC)c1c(Cl)cc(Cl)c2nc(C)n(C)c12. The Kier molecular flexibility index (Phi) is 4.82. The maximum Gasteiger partial charge on any atom is 0.110 e. The average molecular weight is 314 g/mol. The third kappa shape index (κ3) is 2.61. The van der Waals surface area contributed by atoms with Gasteiger partial charge in [-0.3, -0.25) is 0 Å². The molecule has 0 aliphatic heterocycles. The lowest BCUT2D eigenvalue weighted by Crippen LogP contribution is -2.25. The third-order valence-electron chi connectivity index (χ3n) is 3.55. The summed E-state index contributed by atoms with van der Waals surface area (Å²) in [6.07, 6.45) is 2.16. The van der Waals surface area contributed by atoms with E-state index in [4.69, 9.17) is 23.2 Å². The number of nitrogens with zero attached hydrogens (tertiary/aromatic N) is 3. The van der Waals surface area contributed by atoms with Crippen molar-refractivity contribution >= 4 is 39.9 Å². The topological polar surface area (TPSA) is 21.1 Å². The molecule has 1 aromatic heterocycles. The molecule has 5 heteroatoms. The summed E-state index contributed by atoms with van der Waals surface area (Å²) in [7, 11) is 2.01. The van der Waals surface area contributed by atoms with Crippen LogP contribution in [0.3, 0.4) is 0 Å². The molecule has 0 saturated heterocycles. The van der Waals surface area contributed by atoms with Gasteiger partial charge in [0.2, 0.25) is 0 Å². The maximum atomic E-state index is 6.49. The highest BCUT2D eigenvalue weighted by Crippen LogP contribution is 2.38. The first-order valence-corrected chi connectivity index (χ1v) is 7.82. The smallest absolute Gasteiger partial charge is 0.110 e. The number of rotatable bonds is 5. The molecular formula is C15H21Cl2N3. The number of imidazole rings is 1. The Hall–Kier alpha value is -0.930. The predicted molar refractivity (Wildman–Crippen MR) is 88.3 cm³/mol. The number of benzene rings is 1. The van der Waals surface area contributed by atoms with Crippen molar-refractivity contribution in [1.29, 1.82) is 0 Å². The molecule has 2 rings (SSSR count). The van der Waals surface area contributed by atoms with Crippen LogP contribution in [0.15, 0.2) is 6.07 Å². The molecule has 0 aliphatic rings. The zero-order valence-electron chi connectivity index (χ0n) is 12.5. The van der Waals surface area contributed by atoms with Crippen molar-refractivity contribution in [3.05, 3.63) is 21.9 Å². The van der Waals surface area contributed by atoms with Crippen LogP contribution in [-0.4, -0.2) is 22.6 Å². The summed E-state index contributed by atoms with van der Waals surface area (Å²) in [4.78, 5) is 6.90. The summed E-state index contributed by atoms with van der Waals surface area (Å²) in [6.45, 7) is 8.30. The van der Waals surface area contributed by atoms with Gasteiger partial charge < -0.3 is 9.47 Å². The number of aryl methyl sites for hydroxylation is 2. The lowest BCUT2D eigenvalue weighted by Gasteiger charge is -2.26. The van der Waals surface area contributed by atoms with Crippen LogP contribution in [0.2, 0.25) is 10.0 Å². The molecule has 0 fully saturated rings. The van der Waals surface area contributed by atoms with Gasteiger partial charge in [-0.2, -0.15) is 0 Å². The fraction of sp³-hybridized carbons (Fsp3) is 0.533. The lowest BCUT2D eigenvalue weighted by atomic mass is 10.2. The first-order chi connectivity index (χ1) is 9.51. The van der Waals surface area contributed by atoms with Crippen LogP contribution >= 0.6 is 23.2 Å². The molecule has 3 nitrogen and oxygen atoms in total. The number of hydrogen-bond donors (Lipinski definition) is 0. The van der Waals surface area contributed by atoms with Crippen LogP contribution < -0.4 is 4.90 Å². The van der Waals surface area contributed by atoms with E-state index in [0.29, 0.717) is 10.0 Å². The van der Waals surface area contributed by atoms with Crippen LogP contribution in [0.25, 0.3) is 11.0 Å². The van der Waals surface area contributed by atoms with Crippen LogP contribution in [0.1, 0.15) is 32.5 Å². The van der Waals surface area contributed by atoms with E-state index in [1.165, 1.54) is 0 Å². The normalized spacial score (nSPS) is 11.3. The van der Waals surface area contributed by atoms with E-state index in [-0.39, 0.29) is 0 Å². The van der Waals surface area contributed by atoms with Crippen molar-refractivity contribution < 1.29 is 0 Å². The third-order valence-corrected chi connectivity index (χ3v) is 4.13. The van der Waals surface area contributed by atoms with E-state index in [9.17, 15) is 0 Å². The number of halogens is 2. The zero-order chi connectivity index (χ0) is 14.9. The number of fused-ring (bicyclic) bond motifs is 1. The summed E-state index contributed by atoms with van der Waals surface area (Å²) in [6, 6.07) is 1.81. The van der Waals surface area contributed by atoms with Gasteiger partial charge in [-0.1, -0.05) is 37.0 Å². The van der Waals surface area contributed by atoms with Gasteiger partial charge in [-0.25, -0.2) is 4.98 Å². The molecule has 0 unspecified atom stereocenters. The fourth-order valence-corrected chi connectivity index (χ4v) is 3.20. The van der Waals surface area contributed by atoms with Gasteiger partial charge in [0.1, 0.15) is 11.3 Å². The van der Waals surface area contributed by atoms with E-state index in [1.54, 1.807) is 0 Å². The van der Waals surface area contributed by atoms with Crippen molar-refractivity contribution in [2.24, 2.45) is 7.05 Å². The van der Waals surface area contributed by atoms with E-state index in [1.807, 2.05) is 20.0 Å². The van der Waals surface area contributed by atoms with Gasteiger partial charge in [0.05, 0.1) is 21.2 Å². The predicted octanol–water partition coefficient (Wildman–Crippen LogP) is 4.81. The zero-order valence-corrected chi connectivity index (χ0v) is 14.0. The second-order valence-corrected chi connectivity index (χ2v) is 5.91. The van der Waals surface area contributed by atoms with E-state index in [0.717, 1.165) is 48.5 Å². The van der Waals surface area contributed by atoms with Crippen molar-refractivity contribution in [2.45, 2.75) is 33.6 Å². The fourth-order valence-electron chi connectivity index (χ4n) is 2.59. The summed E-state index contributed by atoms with van der Waals surface area (Å²) < 4.78 is 2.07. The van der Waals surface area contributed by atoms with Gasteiger partial charge in [0.25, 0.3) is 0 Å². The van der Waals surface area contributed by atoms with E-state index in [2.05, 4.69) is 28.3 Å². The van der Waals surface area contributed by atoms with Crippen molar-refractivity contribution in [3.8, 4) is 0 Å². The summed E-state index contributed by atoms with van der Waals surface area (Å²) in [5, 5.41) is 1.32. The lowest BCUT2D eigenvalue weighted by molar-refractivity contribution is 0.744. The van der Waals surface area contributed by atoms with E-state index < -0.39 is 0 Å². The molecule has 0 aliphatic carbocycles. The number of hydrogen-bond acceptors (Lipinski definition) is 2. The molecule has 0 radical (unpaired) electrons. The molecule has 1 heterocycles. The highest BCUT2D eigenvalue weighted by atomic mass is 35.5. The van der Waals surface area contributed by atoms with Gasteiger partial charge in [0, 0.05) is 20.1 Å². The van der Waals surface area contributed by atoms with Crippen molar-refractivity contribution in [1.82, 2.24) is 9.55 Å². The Bertz CT molecular complexity index is 613. The molecule has 1 aromatic carbocycles. The molecule has 0 amide bonds. The Morgan fingerprint density at radius 2 is 1.75 bits per heavy atom. The molecule has 0 saturated carbocycles. The summed E-state index contributed by atoms with van der Waals surface area (Å²) >= 11 is 12.8. The van der Waals surface area contributed by atoms with Gasteiger partial charge >= 0.3 is 0 Å². The molecule has 2 aromatic rings. The second-order valence-electron chi connectivity index (χ2n) is 5.09. The molecular weight excluding hydrogens is 293 g/mol. The van der Waals surface area contributed by atoms with Crippen molar-refractivity contribution in [2.75, 3.05) is 18.0 Å². The quantitative estimate of drug-likeness (QED) is 0.789. The minimum absolute atomic E-state index is 0.616. The Labute approximate surface area is 130 Å². The molecule has 0 spiro atoms. The van der Waals surface area contributed by atoms with Crippen molar-refractivity contribution in [3.63, 3.8) is 0 Å². The molecule has 110 valence electrons. The first kappa shape index (κ1) is 15.5. The second kappa shape index (κ2) is 6.23.